The van der Waals surface area contributed by atoms with Crippen LogP contribution in [0.25, 0.3) is 0 Å². The van der Waals surface area contributed by atoms with Crippen LogP contribution in [0.2, 0.25) is 0 Å². The van der Waals surface area contributed by atoms with E-state index in [0.29, 0.717) is 6.04 Å². The predicted octanol–water partition coefficient (Wildman–Crippen LogP) is 2.71. The maximum atomic E-state index is 9.74. The van der Waals surface area contributed by atoms with Gasteiger partial charge in [0.25, 0.3) is 0 Å². The van der Waals surface area contributed by atoms with Crippen LogP contribution in [0.5, 0.6) is 0 Å². The first-order chi connectivity index (χ1) is 8.07. The van der Waals surface area contributed by atoms with Crippen molar-refractivity contribution in [2.45, 2.75) is 32.4 Å². The summed E-state index contributed by atoms with van der Waals surface area (Å²) >= 11 is 1.86. The Kier molecular flexibility index (Phi) is 5.78. The van der Waals surface area contributed by atoms with Gasteiger partial charge in [-0.3, -0.25) is 0 Å². The van der Waals surface area contributed by atoms with Gasteiger partial charge in [-0.25, -0.2) is 4.98 Å². The molecule has 96 valence electrons. The quantitative estimate of drug-likeness (QED) is 0.847. The molecule has 0 fully saturated rings. The summed E-state index contributed by atoms with van der Waals surface area (Å²) in [6, 6.07) is 4.23. The Hall–Kier alpha value is -0.740. The zero-order valence-corrected chi connectivity index (χ0v) is 11.9. The molecule has 1 aromatic rings. The van der Waals surface area contributed by atoms with Gasteiger partial charge in [0.2, 0.25) is 0 Å². The zero-order valence-electron chi connectivity index (χ0n) is 11.1. The third-order valence-corrected chi connectivity index (χ3v) is 3.65. The number of hydrogen-bond donors (Lipinski definition) is 1. The second kappa shape index (κ2) is 6.87. The molecule has 0 radical (unpaired) electrons. The van der Waals surface area contributed by atoms with Crippen LogP contribution >= 0.6 is 11.8 Å². The number of thioether (sulfide) groups is 1. The fourth-order valence-corrected chi connectivity index (χ4v) is 2.30. The highest BCUT2D eigenvalue weighted by Crippen LogP contribution is 2.24. The molecule has 1 rings (SSSR count). The minimum Gasteiger partial charge on any atom is -0.389 e. The summed E-state index contributed by atoms with van der Waals surface area (Å²) in [5.74, 6) is 2.03. The average molecular weight is 254 g/mol. The summed E-state index contributed by atoms with van der Waals surface area (Å²) in [4.78, 5) is 6.54. The van der Waals surface area contributed by atoms with Crippen molar-refractivity contribution in [3.05, 3.63) is 23.9 Å². The van der Waals surface area contributed by atoms with Crippen LogP contribution in [-0.2, 0) is 0 Å². The molecule has 0 aliphatic rings. The fourth-order valence-electron chi connectivity index (χ4n) is 1.72. The Bertz CT molecular complexity index is 344. The number of nitrogens with zero attached hydrogens (tertiary/aromatic N) is 2. The topological polar surface area (TPSA) is 36.4 Å². The van der Waals surface area contributed by atoms with Gasteiger partial charge < -0.3 is 10.0 Å². The first-order valence-corrected chi connectivity index (χ1v) is 7.32. The number of pyridine rings is 1. The van der Waals surface area contributed by atoms with Gasteiger partial charge in [0.15, 0.2) is 0 Å². The molecule has 4 heteroatoms. The van der Waals surface area contributed by atoms with E-state index in [2.05, 4.69) is 23.1 Å². The van der Waals surface area contributed by atoms with Crippen LogP contribution in [0, 0.1) is 0 Å². The Morgan fingerprint density at radius 2 is 2.18 bits per heavy atom. The summed E-state index contributed by atoms with van der Waals surface area (Å²) in [7, 11) is 2.04. The van der Waals surface area contributed by atoms with E-state index in [4.69, 9.17) is 0 Å². The third-order valence-electron chi connectivity index (χ3n) is 3.00. The largest absolute Gasteiger partial charge is 0.389 e. The highest BCUT2D eigenvalue weighted by Gasteiger charge is 2.16. The Morgan fingerprint density at radius 1 is 1.47 bits per heavy atom. The molecule has 1 aromatic heterocycles. The van der Waals surface area contributed by atoms with Crippen molar-refractivity contribution in [1.82, 2.24) is 4.98 Å². The van der Waals surface area contributed by atoms with Crippen LogP contribution in [0.1, 0.15) is 31.9 Å². The van der Waals surface area contributed by atoms with Gasteiger partial charge in [0.1, 0.15) is 5.82 Å². The van der Waals surface area contributed by atoms with Gasteiger partial charge >= 0.3 is 0 Å². The first-order valence-electron chi connectivity index (χ1n) is 5.92. The Morgan fingerprint density at radius 3 is 2.76 bits per heavy atom. The van der Waals surface area contributed by atoms with Crippen molar-refractivity contribution in [3.63, 3.8) is 0 Å². The molecule has 0 amide bonds. The molecule has 0 spiro atoms. The maximum Gasteiger partial charge on any atom is 0.134 e. The lowest BCUT2D eigenvalue weighted by atomic mass is 10.1. The molecular formula is C13H22N2OS. The molecule has 0 aromatic carbocycles. The second-order valence-corrected chi connectivity index (χ2v) is 5.32. The van der Waals surface area contributed by atoms with E-state index in [0.717, 1.165) is 23.6 Å². The van der Waals surface area contributed by atoms with Gasteiger partial charge in [-0.2, -0.15) is 11.8 Å². The van der Waals surface area contributed by atoms with E-state index in [1.165, 1.54) is 0 Å². The lowest BCUT2D eigenvalue weighted by molar-refractivity contribution is 0.199. The fraction of sp³-hybridized carbons (Fsp3) is 0.615. The van der Waals surface area contributed by atoms with Crippen LogP contribution in [0.15, 0.2) is 18.3 Å². The molecule has 0 aliphatic carbocycles. The minimum atomic E-state index is -0.478. The van der Waals surface area contributed by atoms with Crippen molar-refractivity contribution in [3.8, 4) is 0 Å². The van der Waals surface area contributed by atoms with Crippen molar-refractivity contribution in [1.29, 1.82) is 0 Å². The summed E-state index contributed by atoms with van der Waals surface area (Å²) < 4.78 is 0. The van der Waals surface area contributed by atoms with Crippen LogP contribution in [0.4, 0.5) is 5.82 Å². The molecule has 0 bridgehead atoms. The number of hydrogen-bond acceptors (Lipinski definition) is 4. The highest BCUT2D eigenvalue weighted by molar-refractivity contribution is 7.98. The highest BCUT2D eigenvalue weighted by atomic mass is 32.2. The van der Waals surface area contributed by atoms with E-state index >= 15 is 0 Å². The first kappa shape index (κ1) is 14.3. The summed E-state index contributed by atoms with van der Waals surface area (Å²) in [6.45, 7) is 3.97. The SMILES string of the molecule is CSCCC(C)N(C)c1ncccc1C(C)O. The molecule has 0 saturated heterocycles. The second-order valence-electron chi connectivity index (χ2n) is 4.33. The van der Waals surface area contributed by atoms with Gasteiger partial charge in [-0.1, -0.05) is 6.07 Å². The Labute approximate surface area is 108 Å². The standard InChI is InChI=1S/C13H22N2OS/c1-10(7-9-17-4)15(3)13-12(11(2)16)6-5-8-14-13/h5-6,8,10-11,16H,7,9H2,1-4H3. The van der Waals surface area contributed by atoms with E-state index in [1.807, 2.05) is 30.9 Å². The molecule has 1 N–H and O–H groups in total. The van der Waals surface area contributed by atoms with Gasteiger partial charge in [-0.05, 0) is 38.3 Å². The van der Waals surface area contributed by atoms with Gasteiger partial charge in [0.05, 0.1) is 6.10 Å². The van der Waals surface area contributed by atoms with E-state index < -0.39 is 6.10 Å². The van der Waals surface area contributed by atoms with Gasteiger partial charge in [0, 0.05) is 24.8 Å². The molecule has 17 heavy (non-hydrogen) atoms. The molecule has 1 heterocycles. The third kappa shape index (κ3) is 3.89. The Balaban J connectivity index is 2.83. The maximum absolute atomic E-state index is 9.74. The van der Waals surface area contributed by atoms with Crippen molar-refractivity contribution in [2.75, 3.05) is 24.0 Å². The summed E-state index contributed by atoms with van der Waals surface area (Å²) in [5, 5.41) is 9.74. The van der Waals surface area contributed by atoms with Crippen LogP contribution in [0.3, 0.4) is 0 Å². The lowest BCUT2D eigenvalue weighted by Crippen LogP contribution is -2.31. The molecule has 0 aliphatic heterocycles. The van der Waals surface area contributed by atoms with E-state index in [1.54, 1.807) is 13.1 Å². The summed E-state index contributed by atoms with van der Waals surface area (Å²) in [5.41, 5.74) is 0.894. The van der Waals surface area contributed by atoms with Crippen molar-refractivity contribution >= 4 is 17.6 Å². The van der Waals surface area contributed by atoms with Crippen LogP contribution < -0.4 is 4.90 Å². The molecule has 2 atom stereocenters. The minimum absolute atomic E-state index is 0.426. The monoisotopic (exact) mass is 254 g/mol. The van der Waals surface area contributed by atoms with Crippen LogP contribution in [-0.4, -0.2) is 35.2 Å². The number of rotatable bonds is 6. The molecular weight excluding hydrogens is 232 g/mol. The number of anilines is 1. The lowest BCUT2D eigenvalue weighted by Gasteiger charge is -2.28. The van der Waals surface area contributed by atoms with Crippen molar-refractivity contribution < 1.29 is 5.11 Å². The molecule has 0 saturated carbocycles. The zero-order chi connectivity index (χ0) is 12.8. The average Bonchev–Trinajstić information content (AvgIpc) is 2.34. The predicted molar refractivity (Wildman–Crippen MR) is 75.7 cm³/mol. The molecule has 3 nitrogen and oxygen atoms in total. The smallest absolute Gasteiger partial charge is 0.134 e. The molecule has 2 unspecified atom stereocenters. The van der Waals surface area contributed by atoms with E-state index in [9.17, 15) is 5.11 Å². The number of aliphatic hydroxyl groups excluding tert-OH is 1. The normalized spacial score (nSPS) is 14.4. The van der Waals surface area contributed by atoms with Crippen molar-refractivity contribution in [2.24, 2.45) is 0 Å². The number of aliphatic hydroxyl groups is 1. The number of aromatic nitrogens is 1. The van der Waals surface area contributed by atoms with Gasteiger partial charge in [-0.15, -0.1) is 0 Å². The van der Waals surface area contributed by atoms with E-state index in [-0.39, 0.29) is 0 Å². The summed E-state index contributed by atoms with van der Waals surface area (Å²) in [6.07, 6.45) is 4.54.